The lowest BCUT2D eigenvalue weighted by Gasteiger charge is -2.35. The largest absolute Gasteiger partial charge is 0.300 e. The fourth-order valence-corrected chi connectivity index (χ4v) is 3.68. The number of rotatable bonds is 2. The Labute approximate surface area is 122 Å². The number of ketones is 1. The SMILES string of the molecule is CN1C2CCC1CC(C(=O)c1cc(F)c(C#N)c(F)c1)C2. The first kappa shape index (κ1) is 14.2. The molecule has 0 N–H and O–H groups in total. The Kier molecular flexibility index (Phi) is 3.50. The lowest BCUT2D eigenvalue weighted by Crippen LogP contribution is -2.42. The summed E-state index contributed by atoms with van der Waals surface area (Å²) in [5.41, 5.74) is -0.590. The lowest BCUT2D eigenvalue weighted by molar-refractivity contribution is 0.0766. The molecule has 0 aliphatic carbocycles. The van der Waals surface area contributed by atoms with Crippen molar-refractivity contribution in [3.05, 3.63) is 34.9 Å². The summed E-state index contributed by atoms with van der Waals surface area (Å²) >= 11 is 0. The van der Waals surface area contributed by atoms with Crippen LogP contribution in [0.25, 0.3) is 0 Å². The number of fused-ring (bicyclic) bond motifs is 2. The average Bonchev–Trinajstić information content (AvgIpc) is 2.67. The molecule has 110 valence electrons. The Morgan fingerprint density at radius 1 is 1.24 bits per heavy atom. The van der Waals surface area contributed by atoms with Crippen LogP contribution in [0.4, 0.5) is 8.78 Å². The Morgan fingerprint density at radius 2 is 1.76 bits per heavy atom. The molecule has 2 saturated heterocycles. The van der Waals surface area contributed by atoms with E-state index in [-0.39, 0.29) is 17.3 Å². The molecule has 2 fully saturated rings. The molecule has 0 saturated carbocycles. The van der Waals surface area contributed by atoms with Crippen molar-refractivity contribution in [1.29, 1.82) is 5.26 Å². The fourth-order valence-electron chi connectivity index (χ4n) is 3.68. The highest BCUT2D eigenvalue weighted by atomic mass is 19.1. The molecule has 2 aliphatic rings. The van der Waals surface area contributed by atoms with E-state index in [0.29, 0.717) is 12.1 Å². The van der Waals surface area contributed by atoms with Gasteiger partial charge in [-0.25, -0.2) is 8.78 Å². The molecule has 2 unspecified atom stereocenters. The van der Waals surface area contributed by atoms with E-state index < -0.39 is 17.2 Å². The monoisotopic (exact) mass is 290 g/mol. The molecule has 21 heavy (non-hydrogen) atoms. The van der Waals surface area contributed by atoms with Gasteiger partial charge in [0.1, 0.15) is 23.3 Å². The molecular weight excluding hydrogens is 274 g/mol. The van der Waals surface area contributed by atoms with Gasteiger partial charge in [-0.3, -0.25) is 4.79 Å². The molecule has 5 heteroatoms. The van der Waals surface area contributed by atoms with Gasteiger partial charge in [0.25, 0.3) is 0 Å². The Bertz CT molecular complexity index is 601. The van der Waals surface area contributed by atoms with Gasteiger partial charge in [0.2, 0.25) is 0 Å². The zero-order valence-electron chi connectivity index (χ0n) is 11.8. The topological polar surface area (TPSA) is 44.1 Å². The van der Waals surface area contributed by atoms with E-state index in [1.54, 1.807) is 0 Å². The predicted octanol–water partition coefficient (Wildman–Crippen LogP) is 2.89. The molecule has 1 aromatic rings. The Balaban J connectivity index is 1.85. The van der Waals surface area contributed by atoms with Gasteiger partial charge < -0.3 is 4.90 Å². The number of hydrogen-bond acceptors (Lipinski definition) is 3. The number of benzene rings is 1. The minimum atomic E-state index is -0.961. The van der Waals surface area contributed by atoms with Crippen LogP contribution in [-0.2, 0) is 0 Å². The van der Waals surface area contributed by atoms with Crippen LogP contribution in [0.5, 0.6) is 0 Å². The first-order chi connectivity index (χ1) is 10.0. The average molecular weight is 290 g/mol. The van der Waals surface area contributed by atoms with Crippen molar-refractivity contribution >= 4 is 5.78 Å². The summed E-state index contributed by atoms with van der Waals surface area (Å²) < 4.78 is 27.3. The molecule has 3 nitrogen and oxygen atoms in total. The summed E-state index contributed by atoms with van der Waals surface area (Å²) in [4.78, 5) is 14.8. The van der Waals surface area contributed by atoms with Crippen molar-refractivity contribution < 1.29 is 13.6 Å². The van der Waals surface area contributed by atoms with Crippen molar-refractivity contribution in [2.45, 2.75) is 37.8 Å². The molecule has 0 spiro atoms. The maximum absolute atomic E-state index is 13.6. The predicted molar refractivity (Wildman–Crippen MR) is 72.7 cm³/mol. The highest BCUT2D eigenvalue weighted by Gasteiger charge is 2.41. The maximum Gasteiger partial charge on any atom is 0.166 e. The van der Waals surface area contributed by atoms with E-state index in [0.717, 1.165) is 37.8 Å². The van der Waals surface area contributed by atoms with Crippen LogP contribution in [0.15, 0.2) is 12.1 Å². The minimum Gasteiger partial charge on any atom is -0.300 e. The minimum absolute atomic E-state index is 0.0398. The van der Waals surface area contributed by atoms with Crippen LogP contribution in [0.1, 0.15) is 41.6 Å². The molecule has 0 radical (unpaired) electrons. The molecule has 2 atom stereocenters. The summed E-state index contributed by atoms with van der Waals surface area (Å²) in [6, 6.07) is 4.24. The lowest BCUT2D eigenvalue weighted by atomic mass is 9.85. The molecule has 2 aliphatic heterocycles. The zero-order chi connectivity index (χ0) is 15.1. The number of carbonyl (C=O) groups excluding carboxylic acids is 1. The Morgan fingerprint density at radius 3 is 2.24 bits per heavy atom. The van der Waals surface area contributed by atoms with Gasteiger partial charge in [0.15, 0.2) is 5.78 Å². The van der Waals surface area contributed by atoms with Crippen molar-refractivity contribution in [3.8, 4) is 6.07 Å². The van der Waals surface area contributed by atoms with Gasteiger partial charge in [-0.15, -0.1) is 0 Å². The van der Waals surface area contributed by atoms with Crippen molar-refractivity contribution in [2.24, 2.45) is 5.92 Å². The number of hydrogen-bond donors (Lipinski definition) is 0. The van der Waals surface area contributed by atoms with Crippen LogP contribution >= 0.6 is 0 Å². The zero-order valence-corrected chi connectivity index (χ0v) is 11.8. The summed E-state index contributed by atoms with van der Waals surface area (Å²) in [5, 5.41) is 8.66. The molecular formula is C16H16F2N2O. The summed E-state index contributed by atoms with van der Waals surface area (Å²) in [6.45, 7) is 0. The van der Waals surface area contributed by atoms with Crippen LogP contribution in [0.2, 0.25) is 0 Å². The van der Waals surface area contributed by atoms with Crippen LogP contribution < -0.4 is 0 Å². The standard InChI is InChI=1S/C16H16F2N2O/c1-20-11-2-3-12(20)5-9(4-11)16(21)10-6-14(17)13(8-19)15(18)7-10/h6-7,9,11-12H,2-5H2,1H3. The Hall–Kier alpha value is -1.80. The number of piperidine rings is 1. The number of nitrogens with zero attached hydrogens (tertiary/aromatic N) is 2. The molecule has 3 rings (SSSR count). The third-order valence-electron chi connectivity index (χ3n) is 4.91. The van der Waals surface area contributed by atoms with Gasteiger partial charge >= 0.3 is 0 Å². The van der Waals surface area contributed by atoms with Crippen LogP contribution in [0.3, 0.4) is 0 Å². The first-order valence-electron chi connectivity index (χ1n) is 7.16. The van der Waals surface area contributed by atoms with E-state index >= 15 is 0 Å². The van der Waals surface area contributed by atoms with Gasteiger partial charge in [-0.2, -0.15) is 5.26 Å². The van der Waals surface area contributed by atoms with Crippen molar-refractivity contribution in [1.82, 2.24) is 4.90 Å². The molecule has 2 bridgehead atoms. The van der Waals surface area contributed by atoms with Gasteiger partial charge in [0.05, 0.1) is 0 Å². The second-order valence-corrected chi connectivity index (χ2v) is 6.01. The van der Waals surface area contributed by atoms with Crippen molar-refractivity contribution in [3.63, 3.8) is 0 Å². The van der Waals surface area contributed by atoms with E-state index in [1.165, 1.54) is 6.07 Å². The fraction of sp³-hybridized carbons (Fsp3) is 0.500. The second kappa shape index (κ2) is 5.19. The quantitative estimate of drug-likeness (QED) is 0.787. The smallest absolute Gasteiger partial charge is 0.166 e. The third-order valence-corrected chi connectivity index (χ3v) is 4.91. The van der Waals surface area contributed by atoms with Crippen LogP contribution in [-0.4, -0.2) is 29.8 Å². The number of halogens is 2. The number of nitriles is 1. The van der Waals surface area contributed by atoms with E-state index in [1.807, 2.05) is 0 Å². The summed E-state index contributed by atoms with van der Waals surface area (Å²) in [6.07, 6.45) is 3.66. The highest BCUT2D eigenvalue weighted by Crippen LogP contribution is 2.38. The summed E-state index contributed by atoms with van der Waals surface area (Å²) in [7, 11) is 2.07. The molecule has 2 heterocycles. The van der Waals surface area contributed by atoms with Gasteiger partial charge in [-0.1, -0.05) is 0 Å². The first-order valence-corrected chi connectivity index (χ1v) is 7.16. The highest BCUT2D eigenvalue weighted by molar-refractivity contribution is 5.98. The van der Waals surface area contributed by atoms with Crippen molar-refractivity contribution in [2.75, 3.05) is 7.05 Å². The normalized spacial score (nSPS) is 28.4. The maximum atomic E-state index is 13.6. The van der Waals surface area contributed by atoms with E-state index in [4.69, 9.17) is 5.26 Å². The third kappa shape index (κ3) is 2.34. The molecule has 1 aromatic carbocycles. The molecule has 0 amide bonds. The summed E-state index contributed by atoms with van der Waals surface area (Å²) in [5.74, 6) is -2.30. The number of carbonyl (C=O) groups is 1. The van der Waals surface area contributed by atoms with Crippen LogP contribution in [0, 0.1) is 28.9 Å². The molecule has 0 aromatic heterocycles. The van der Waals surface area contributed by atoms with Gasteiger partial charge in [0, 0.05) is 23.6 Å². The second-order valence-electron chi connectivity index (χ2n) is 6.01. The van der Waals surface area contributed by atoms with E-state index in [2.05, 4.69) is 11.9 Å². The number of Topliss-reactive ketones (excluding diaryl/α,β-unsaturated/α-hetero) is 1. The van der Waals surface area contributed by atoms with E-state index in [9.17, 15) is 13.6 Å². The van der Waals surface area contributed by atoms with Gasteiger partial charge in [-0.05, 0) is 44.9 Å².